The Balaban J connectivity index is 1.74. The number of hydrogen-bond donors (Lipinski definition) is 1. The summed E-state index contributed by atoms with van der Waals surface area (Å²) in [6.45, 7) is 2.23. The molecule has 1 aromatic heterocycles. The number of fused-ring (bicyclic) bond motifs is 1. The highest BCUT2D eigenvalue weighted by Gasteiger charge is 2.23. The van der Waals surface area contributed by atoms with Crippen molar-refractivity contribution in [2.45, 2.75) is 38.9 Å². The van der Waals surface area contributed by atoms with E-state index < -0.39 is 0 Å². The second-order valence-corrected chi connectivity index (χ2v) is 4.61. The number of rotatable bonds is 4. The number of ether oxygens (including phenoxy) is 1. The van der Waals surface area contributed by atoms with Gasteiger partial charge in [0.1, 0.15) is 5.75 Å². The molecule has 0 saturated carbocycles. The zero-order valence-corrected chi connectivity index (χ0v) is 10.8. The molecule has 2 aromatic rings. The van der Waals surface area contributed by atoms with Crippen LogP contribution in [0.15, 0.2) is 22.6 Å². The number of hydrogen-bond acceptors (Lipinski definition) is 5. The first kappa shape index (κ1) is 12.2. The van der Waals surface area contributed by atoms with Gasteiger partial charge in [-0.15, -0.1) is 10.2 Å². The largest absolute Gasteiger partial charge is 0.484 e. The first-order chi connectivity index (χ1) is 9.28. The van der Waals surface area contributed by atoms with E-state index in [9.17, 15) is 5.11 Å². The monoisotopic (exact) mass is 260 g/mol. The average Bonchev–Trinajstić information content (AvgIpc) is 3.04. The molecule has 1 aliphatic carbocycles. The Kier molecular flexibility index (Phi) is 3.21. The Labute approximate surface area is 111 Å². The van der Waals surface area contributed by atoms with Crippen LogP contribution in [0.5, 0.6) is 5.75 Å². The molecule has 19 heavy (non-hydrogen) atoms. The van der Waals surface area contributed by atoms with Crippen molar-refractivity contribution in [3.05, 3.63) is 41.1 Å². The van der Waals surface area contributed by atoms with Crippen molar-refractivity contribution in [2.75, 3.05) is 0 Å². The van der Waals surface area contributed by atoms with E-state index in [1.54, 1.807) is 0 Å². The minimum atomic E-state index is -0.367. The van der Waals surface area contributed by atoms with Gasteiger partial charge in [0.05, 0.1) is 6.10 Å². The number of aryl methyl sites for hydroxylation is 1. The van der Waals surface area contributed by atoms with Crippen LogP contribution in [0.1, 0.15) is 42.4 Å². The molecule has 1 aliphatic rings. The summed E-state index contributed by atoms with van der Waals surface area (Å²) in [5.74, 6) is 1.89. The molecule has 0 aliphatic heterocycles. The summed E-state index contributed by atoms with van der Waals surface area (Å²) >= 11 is 0. The molecule has 1 atom stereocenters. The molecule has 0 amide bonds. The lowest BCUT2D eigenvalue weighted by Gasteiger charge is -2.09. The van der Waals surface area contributed by atoms with Crippen molar-refractivity contribution < 1.29 is 14.3 Å². The molecule has 1 unspecified atom stereocenters. The summed E-state index contributed by atoms with van der Waals surface area (Å²) in [4.78, 5) is 0. The molecule has 1 heterocycles. The van der Waals surface area contributed by atoms with Gasteiger partial charge in [-0.05, 0) is 24.5 Å². The fourth-order valence-corrected chi connectivity index (χ4v) is 2.36. The van der Waals surface area contributed by atoms with Gasteiger partial charge < -0.3 is 14.3 Å². The number of nitrogens with zero attached hydrogens (tertiary/aromatic N) is 2. The minimum Gasteiger partial charge on any atom is -0.484 e. The molecule has 0 spiro atoms. The first-order valence-electron chi connectivity index (χ1n) is 6.52. The van der Waals surface area contributed by atoms with Crippen molar-refractivity contribution >= 4 is 0 Å². The van der Waals surface area contributed by atoms with Crippen LogP contribution in [0, 0.1) is 0 Å². The third kappa shape index (κ3) is 2.33. The molecule has 1 N–H and O–H groups in total. The van der Waals surface area contributed by atoms with Gasteiger partial charge in [0.25, 0.3) is 5.89 Å². The predicted molar refractivity (Wildman–Crippen MR) is 67.7 cm³/mol. The predicted octanol–water partition coefficient (Wildman–Crippen LogP) is 2.19. The van der Waals surface area contributed by atoms with E-state index in [0.717, 1.165) is 36.1 Å². The molecular formula is C14H16N2O3. The molecule has 0 fully saturated rings. The molecule has 5 heteroatoms. The topological polar surface area (TPSA) is 68.4 Å². The Morgan fingerprint density at radius 3 is 3.00 bits per heavy atom. The Morgan fingerprint density at radius 2 is 2.21 bits per heavy atom. The minimum absolute atomic E-state index is 0.263. The lowest BCUT2D eigenvalue weighted by molar-refractivity contribution is 0.180. The summed E-state index contributed by atoms with van der Waals surface area (Å²) in [7, 11) is 0. The quantitative estimate of drug-likeness (QED) is 0.912. The Bertz CT molecular complexity index is 580. The third-order valence-electron chi connectivity index (χ3n) is 3.36. The molecule has 1 aromatic carbocycles. The number of aliphatic hydroxyl groups is 1. The van der Waals surface area contributed by atoms with Crippen LogP contribution in [-0.4, -0.2) is 15.3 Å². The maximum absolute atomic E-state index is 9.83. The molecule has 3 rings (SSSR count). The second-order valence-electron chi connectivity index (χ2n) is 4.61. The molecule has 5 nitrogen and oxygen atoms in total. The summed E-state index contributed by atoms with van der Waals surface area (Å²) in [6, 6.07) is 5.75. The highest BCUT2D eigenvalue weighted by atomic mass is 16.5. The van der Waals surface area contributed by atoms with E-state index in [-0.39, 0.29) is 12.7 Å². The van der Waals surface area contributed by atoms with Crippen LogP contribution >= 0.6 is 0 Å². The van der Waals surface area contributed by atoms with Gasteiger partial charge in [-0.1, -0.05) is 19.1 Å². The zero-order valence-electron chi connectivity index (χ0n) is 10.8. The number of aromatic nitrogens is 2. The van der Waals surface area contributed by atoms with E-state index in [2.05, 4.69) is 10.2 Å². The Morgan fingerprint density at radius 1 is 1.37 bits per heavy atom. The van der Waals surface area contributed by atoms with Gasteiger partial charge in [-0.2, -0.15) is 0 Å². The number of benzene rings is 1. The van der Waals surface area contributed by atoms with E-state index >= 15 is 0 Å². The fourth-order valence-electron chi connectivity index (χ4n) is 2.36. The third-order valence-corrected chi connectivity index (χ3v) is 3.36. The van der Waals surface area contributed by atoms with Gasteiger partial charge in [-0.3, -0.25) is 0 Å². The fraction of sp³-hybridized carbons (Fsp3) is 0.429. The van der Waals surface area contributed by atoms with Gasteiger partial charge in [0.15, 0.2) is 6.61 Å². The summed E-state index contributed by atoms with van der Waals surface area (Å²) in [5, 5.41) is 17.6. The lowest BCUT2D eigenvalue weighted by Crippen LogP contribution is -1.99. The van der Waals surface area contributed by atoms with Crippen LogP contribution in [0.3, 0.4) is 0 Å². The summed E-state index contributed by atoms with van der Waals surface area (Å²) in [5.41, 5.74) is 2.06. The van der Waals surface area contributed by atoms with Crippen molar-refractivity contribution in [3.8, 4) is 5.75 Å². The SMILES string of the molecule is CCc1nnc(COc2cccc3c2CCC3O)o1. The lowest BCUT2D eigenvalue weighted by atomic mass is 10.1. The van der Waals surface area contributed by atoms with Gasteiger partial charge in [0, 0.05) is 12.0 Å². The van der Waals surface area contributed by atoms with Crippen molar-refractivity contribution in [1.29, 1.82) is 0 Å². The average molecular weight is 260 g/mol. The zero-order chi connectivity index (χ0) is 13.2. The summed E-state index contributed by atoms with van der Waals surface area (Å²) < 4.78 is 11.1. The molecule has 0 radical (unpaired) electrons. The van der Waals surface area contributed by atoms with Gasteiger partial charge in [-0.25, -0.2) is 0 Å². The normalized spacial score (nSPS) is 17.5. The second kappa shape index (κ2) is 5.01. The van der Waals surface area contributed by atoms with E-state index in [1.165, 1.54) is 0 Å². The van der Waals surface area contributed by atoms with Crippen molar-refractivity contribution in [3.63, 3.8) is 0 Å². The van der Waals surface area contributed by atoms with E-state index in [4.69, 9.17) is 9.15 Å². The van der Waals surface area contributed by atoms with Crippen molar-refractivity contribution in [2.24, 2.45) is 0 Å². The van der Waals surface area contributed by atoms with Gasteiger partial charge >= 0.3 is 0 Å². The smallest absolute Gasteiger partial charge is 0.253 e. The van der Waals surface area contributed by atoms with Crippen LogP contribution in [-0.2, 0) is 19.4 Å². The standard InChI is InChI=1S/C14H16N2O3/c1-2-13-15-16-14(19-13)8-18-12-5-3-4-9-10(12)6-7-11(9)17/h3-5,11,17H,2,6-8H2,1H3. The maximum Gasteiger partial charge on any atom is 0.253 e. The van der Waals surface area contributed by atoms with E-state index in [0.29, 0.717) is 11.8 Å². The van der Waals surface area contributed by atoms with Gasteiger partial charge in [0.2, 0.25) is 5.89 Å². The molecular weight excluding hydrogens is 244 g/mol. The van der Waals surface area contributed by atoms with Crippen LogP contribution in [0.4, 0.5) is 0 Å². The number of aliphatic hydroxyl groups excluding tert-OH is 1. The van der Waals surface area contributed by atoms with E-state index in [1.807, 2.05) is 25.1 Å². The molecule has 0 saturated heterocycles. The van der Waals surface area contributed by atoms with Crippen LogP contribution in [0.2, 0.25) is 0 Å². The van der Waals surface area contributed by atoms with Crippen LogP contribution in [0.25, 0.3) is 0 Å². The van der Waals surface area contributed by atoms with Crippen LogP contribution < -0.4 is 4.74 Å². The molecule has 100 valence electrons. The Hall–Kier alpha value is -1.88. The maximum atomic E-state index is 9.83. The highest BCUT2D eigenvalue weighted by Crippen LogP contribution is 2.36. The first-order valence-corrected chi connectivity index (χ1v) is 6.52. The summed E-state index contributed by atoms with van der Waals surface area (Å²) in [6.07, 6.45) is 1.96. The highest BCUT2D eigenvalue weighted by molar-refractivity contribution is 5.44. The van der Waals surface area contributed by atoms with Crippen molar-refractivity contribution in [1.82, 2.24) is 10.2 Å². The molecule has 0 bridgehead atoms.